The minimum Gasteiger partial charge on any atom is -0.443 e. The third-order valence-corrected chi connectivity index (χ3v) is 4.15. The second kappa shape index (κ2) is 6.33. The van der Waals surface area contributed by atoms with Gasteiger partial charge in [-0.25, -0.2) is 9.78 Å². The molecule has 3 aromatic rings. The topological polar surface area (TPSA) is 55.6 Å². The molecule has 0 fully saturated rings. The third kappa shape index (κ3) is 3.46. The zero-order chi connectivity index (χ0) is 17.3. The van der Waals surface area contributed by atoms with Gasteiger partial charge in [0, 0.05) is 17.3 Å². The minimum atomic E-state index is -4.49. The summed E-state index contributed by atoms with van der Waals surface area (Å²) in [4.78, 5) is 16.5. The first kappa shape index (κ1) is 16.6. The van der Waals surface area contributed by atoms with Crippen LogP contribution in [0.3, 0.4) is 0 Å². The molecule has 0 aliphatic heterocycles. The Balaban J connectivity index is 1.66. The van der Waals surface area contributed by atoms with Gasteiger partial charge in [-0.05, 0) is 18.2 Å². The number of ether oxygens (including phenoxy) is 1. The first-order chi connectivity index (χ1) is 11.3. The van der Waals surface area contributed by atoms with Gasteiger partial charge < -0.3 is 4.74 Å². The number of thiazole rings is 1. The second-order valence-corrected chi connectivity index (χ2v) is 5.92. The predicted molar refractivity (Wildman–Crippen MR) is 83.3 cm³/mol. The number of imidazole rings is 1. The summed E-state index contributed by atoms with van der Waals surface area (Å²) in [7, 11) is 0. The lowest BCUT2D eigenvalue weighted by atomic mass is 10.2. The average Bonchev–Trinajstić information content (AvgIpc) is 3.05. The molecule has 0 unspecified atom stereocenters. The van der Waals surface area contributed by atoms with Gasteiger partial charge in [-0.15, -0.1) is 11.3 Å². The Morgan fingerprint density at radius 1 is 1.42 bits per heavy atom. The number of nitrogens with zero attached hydrogens (tertiary/aromatic N) is 2. The molecule has 24 heavy (non-hydrogen) atoms. The van der Waals surface area contributed by atoms with Gasteiger partial charge in [0.25, 0.3) is 0 Å². The number of alkyl halides is 3. The van der Waals surface area contributed by atoms with Gasteiger partial charge in [0.1, 0.15) is 6.61 Å². The van der Waals surface area contributed by atoms with E-state index in [0.29, 0.717) is 10.7 Å². The monoisotopic (exact) mass is 375 g/mol. The summed E-state index contributed by atoms with van der Waals surface area (Å²) in [5.41, 5.74) is -0.402. The van der Waals surface area contributed by atoms with E-state index in [9.17, 15) is 18.0 Å². The quantitative estimate of drug-likeness (QED) is 0.714. The summed E-state index contributed by atoms with van der Waals surface area (Å²) in [6, 6.07) is 4.26. The van der Waals surface area contributed by atoms with Crippen molar-refractivity contribution in [2.24, 2.45) is 0 Å². The van der Waals surface area contributed by atoms with Crippen LogP contribution in [0, 0.1) is 0 Å². The van der Waals surface area contributed by atoms with E-state index in [2.05, 4.69) is 10.3 Å². The Bertz CT molecular complexity index is 891. The van der Waals surface area contributed by atoms with Gasteiger partial charge in [-0.1, -0.05) is 17.7 Å². The number of fused-ring (bicyclic) bond motifs is 1. The van der Waals surface area contributed by atoms with Crippen LogP contribution < -0.4 is 5.32 Å². The van der Waals surface area contributed by atoms with Gasteiger partial charge in [-0.3, -0.25) is 9.72 Å². The Morgan fingerprint density at radius 3 is 2.96 bits per heavy atom. The molecule has 0 saturated heterocycles. The molecule has 126 valence electrons. The molecule has 5 nitrogen and oxygen atoms in total. The fraction of sp³-hybridized carbons (Fsp3) is 0.143. The predicted octanol–water partition coefficient (Wildman–Crippen LogP) is 4.82. The fourth-order valence-corrected chi connectivity index (χ4v) is 3.01. The highest BCUT2D eigenvalue weighted by Gasteiger charge is 2.30. The molecule has 1 aromatic carbocycles. The van der Waals surface area contributed by atoms with Crippen LogP contribution in [0.2, 0.25) is 5.15 Å². The van der Waals surface area contributed by atoms with Crippen LogP contribution in [0.25, 0.3) is 4.96 Å². The van der Waals surface area contributed by atoms with Crippen molar-refractivity contribution >= 4 is 39.7 Å². The zero-order valence-electron chi connectivity index (χ0n) is 11.8. The number of rotatable bonds is 3. The highest BCUT2D eigenvalue weighted by atomic mass is 35.5. The third-order valence-electron chi connectivity index (χ3n) is 3.09. The van der Waals surface area contributed by atoms with Crippen LogP contribution in [-0.4, -0.2) is 15.5 Å². The van der Waals surface area contributed by atoms with Crippen molar-refractivity contribution in [2.75, 3.05) is 5.32 Å². The molecule has 0 radical (unpaired) electrons. The van der Waals surface area contributed by atoms with Crippen molar-refractivity contribution in [3.8, 4) is 0 Å². The maximum absolute atomic E-state index is 12.6. The number of benzene rings is 1. The first-order valence-corrected chi connectivity index (χ1v) is 7.81. The van der Waals surface area contributed by atoms with Crippen LogP contribution in [0.15, 0.2) is 35.8 Å². The Kier molecular flexibility index (Phi) is 4.37. The lowest BCUT2D eigenvalue weighted by molar-refractivity contribution is -0.137. The molecule has 1 amide bonds. The fourth-order valence-electron chi connectivity index (χ4n) is 2.00. The summed E-state index contributed by atoms with van der Waals surface area (Å²) in [6.45, 7) is -0.165. The van der Waals surface area contributed by atoms with Crippen LogP contribution >= 0.6 is 22.9 Å². The number of carbonyl (C=O) groups excluding carboxylic acids is 1. The van der Waals surface area contributed by atoms with Gasteiger partial charge in [-0.2, -0.15) is 13.2 Å². The largest absolute Gasteiger partial charge is 0.443 e. The van der Waals surface area contributed by atoms with E-state index in [1.54, 1.807) is 16.0 Å². The lowest BCUT2D eigenvalue weighted by Crippen LogP contribution is -2.15. The molecule has 3 rings (SSSR count). The summed E-state index contributed by atoms with van der Waals surface area (Å²) in [6.07, 6.45) is -3.66. The van der Waals surface area contributed by atoms with Crippen molar-refractivity contribution < 1.29 is 22.7 Å². The molecule has 2 heterocycles. The number of hydrogen-bond donors (Lipinski definition) is 1. The van der Waals surface area contributed by atoms with Gasteiger partial charge in [0.2, 0.25) is 0 Å². The van der Waals surface area contributed by atoms with E-state index >= 15 is 0 Å². The Morgan fingerprint density at radius 2 is 2.21 bits per heavy atom. The molecule has 0 aliphatic carbocycles. The number of carbonyl (C=O) groups is 1. The molecule has 2 aromatic heterocycles. The van der Waals surface area contributed by atoms with Crippen LogP contribution in [0.4, 0.5) is 23.7 Å². The standard InChI is InChI=1S/C14H9ClF3N3O2S/c15-11-10(21-4-5-24-12(21)20-11)7-23-13(22)19-9-3-1-2-8(6-9)14(16,17)18/h1-6H,7H2,(H,19,22). The highest BCUT2D eigenvalue weighted by Crippen LogP contribution is 2.30. The minimum absolute atomic E-state index is 0.0186. The summed E-state index contributed by atoms with van der Waals surface area (Å²) >= 11 is 7.33. The molecule has 0 aliphatic rings. The maximum atomic E-state index is 12.6. The number of amides is 1. The number of hydrogen-bond acceptors (Lipinski definition) is 4. The summed E-state index contributed by atoms with van der Waals surface area (Å²) in [5.74, 6) is 0. The summed E-state index contributed by atoms with van der Waals surface area (Å²) in [5, 5.41) is 4.25. The van der Waals surface area contributed by atoms with E-state index in [4.69, 9.17) is 16.3 Å². The van der Waals surface area contributed by atoms with E-state index in [1.807, 2.05) is 0 Å². The molecular formula is C14H9ClF3N3O2S. The Labute approximate surface area is 142 Å². The highest BCUT2D eigenvalue weighted by molar-refractivity contribution is 7.15. The molecular weight excluding hydrogens is 367 g/mol. The molecule has 0 spiro atoms. The van der Waals surface area contributed by atoms with Gasteiger partial charge in [0.15, 0.2) is 10.1 Å². The van der Waals surface area contributed by atoms with Gasteiger partial charge in [0.05, 0.1) is 11.3 Å². The van der Waals surface area contributed by atoms with Crippen molar-refractivity contribution in [3.63, 3.8) is 0 Å². The smallest absolute Gasteiger partial charge is 0.416 e. The first-order valence-electron chi connectivity index (χ1n) is 6.55. The SMILES string of the molecule is O=C(Nc1cccc(C(F)(F)F)c1)OCc1c(Cl)nc2sccn12. The number of nitrogens with one attached hydrogen (secondary N) is 1. The lowest BCUT2D eigenvalue weighted by Gasteiger charge is -2.10. The molecule has 0 atom stereocenters. The molecule has 10 heteroatoms. The van der Waals surface area contributed by atoms with Gasteiger partial charge >= 0.3 is 12.3 Å². The number of halogens is 4. The van der Waals surface area contributed by atoms with Crippen molar-refractivity contribution in [1.82, 2.24) is 9.38 Å². The number of aromatic nitrogens is 2. The molecule has 0 saturated carbocycles. The average molecular weight is 376 g/mol. The summed E-state index contributed by atoms with van der Waals surface area (Å²) < 4.78 is 44.6. The zero-order valence-corrected chi connectivity index (χ0v) is 13.4. The normalized spacial score (nSPS) is 11.7. The van der Waals surface area contributed by atoms with E-state index in [-0.39, 0.29) is 17.4 Å². The van der Waals surface area contributed by atoms with Crippen molar-refractivity contribution in [1.29, 1.82) is 0 Å². The maximum Gasteiger partial charge on any atom is 0.416 e. The van der Waals surface area contributed by atoms with Crippen LogP contribution in [-0.2, 0) is 17.5 Å². The van der Waals surface area contributed by atoms with E-state index in [0.717, 1.165) is 12.1 Å². The second-order valence-electron chi connectivity index (χ2n) is 4.68. The molecule has 1 N–H and O–H groups in total. The van der Waals surface area contributed by atoms with Crippen molar-refractivity contribution in [2.45, 2.75) is 12.8 Å². The Hall–Kier alpha value is -2.26. The van der Waals surface area contributed by atoms with Crippen LogP contribution in [0.1, 0.15) is 11.3 Å². The van der Waals surface area contributed by atoms with Crippen LogP contribution in [0.5, 0.6) is 0 Å². The molecule has 0 bridgehead atoms. The van der Waals surface area contributed by atoms with E-state index < -0.39 is 17.8 Å². The number of anilines is 1. The van der Waals surface area contributed by atoms with E-state index in [1.165, 1.54) is 23.5 Å². The van der Waals surface area contributed by atoms with Crippen molar-refractivity contribution in [3.05, 3.63) is 52.3 Å².